The molecular formula is C11H6ClFN2O2. The van der Waals surface area contributed by atoms with Crippen molar-refractivity contribution in [2.24, 2.45) is 0 Å². The molecule has 0 N–H and O–H groups in total. The van der Waals surface area contributed by atoms with Crippen LogP contribution in [0.4, 0.5) is 10.1 Å². The molecule has 6 heteroatoms. The van der Waals surface area contributed by atoms with Crippen molar-refractivity contribution < 1.29 is 9.31 Å². The van der Waals surface area contributed by atoms with Gasteiger partial charge in [-0.3, -0.25) is 10.1 Å². The number of halogens is 2. The first-order valence-electron chi connectivity index (χ1n) is 4.64. The van der Waals surface area contributed by atoms with Crippen LogP contribution in [0.1, 0.15) is 0 Å². The van der Waals surface area contributed by atoms with Gasteiger partial charge >= 0.3 is 0 Å². The van der Waals surface area contributed by atoms with Crippen LogP contribution in [0, 0.1) is 15.9 Å². The zero-order valence-electron chi connectivity index (χ0n) is 8.43. The summed E-state index contributed by atoms with van der Waals surface area (Å²) in [4.78, 5) is 14.0. The standard InChI is InChI=1S/C11H6ClFN2O2/c12-7-5-10(15(16)17)11(14-6-7)8-3-1-2-4-9(8)13/h1-6H. The Bertz CT molecular complexity index is 589. The Kier molecular flexibility index (Phi) is 3.01. The average Bonchev–Trinajstić information content (AvgIpc) is 2.30. The molecule has 0 saturated heterocycles. The Hall–Kier alpha value is -2.01. The summed E-state index contributed by atoms with van der Waals surface area (Å²) in [6.07, 6.45) is 1.25. The molecule has 1 heterocycles. The van der Waals surface area contributed by atoms with Crippen molar-refractivity contribution in [2.75, 3.05) is 0 Å². The fourth-order valence-electron chi connectivity index (χ4n) is 1.43. The zero-order chi connectivity index (χ0) is 12.4. The van der Waals surface area contributed by atoms with Gasteiger partial charge in [0.1, 0.15) is 5.82 Å². The van der Waals surface area contributed by atoms with E-state index in [1.54, 1.807) is 6.07 Å². The number of pyridine rings is 1. The van der Waals surface area contributed by atoms with E-state index in [1.807, 2.05) is 0 Å². The van der Waals surface area contributed by atoms with Crippen molar-refractivity contribution in [3.05, 3.63) is 57.5 Å². The minimum Gasteiger partial charge on any atom is -0.258 e. The molecule has 0 radical (unpaired) electrons. The molecule has 17 heavy (non-hydrogen) atoms. The fraction of sp³-hybridized carbons (Fsp3) is 0. The van der Waals surface area contributed by atoms with Crippen LogP contribution in [-0.2, 0) is 0 Å². The van der Waals surface area contributed by atoms with E-state index in [1.165, 1.54) is 24.4 Å². The molecule has 0 saturated carbocycles. The largest absolute Gasteiger partial charge is 0.297 e. The third kappa shape index (κ3) is 2.24. The van der Waals surface area contributed by atoms with Crippen LogP contribution in [0.25, 0.3) is 11.3 Å². The van der Waals surface area contributed by atoms with Crippen LogP contribution in [0.15, 0.2) is 36.5 Å². The number of hydrogen-bond donors (Lipinski definition) is 0. The number of benzene rings is 1. The summed E-state index contributed by atoms with van der Waals surface area (Å²) in [5, 5.41) is 11.0. The van der Waals surface area contributed by atoms with Gasteiger partial charge in [0.2, 0.25) is 0 Å². The summed E-state index contributed by atoms with van der Waals surface area (Å²) in [5.74, 6) is -0.564. The van der Waals surface area contributed by atoms with Crippen molar-refractivity contribution in [1.82, 2.24) is 4.98 Å². The number of nitro groups is 1. The van der Waals surface area contributed by atoms with Gasteiger partial charge in [0.05, 0.1) is 9.95 Å². The maximum Gasteiger partial charge on any atom is 0.297 e. The quantitative estimate of drug-likeness (QED) is 0.608. The molecule has 0 atom stereocenters. The van der Waals surface area contributed by atoms with Crippen molar-refractivity contribution in [3.8, 4) is 11.3 Å². The maximum atomic E-state index is 13.5. The number of rotatable bonds is 2. The molecule has 0 bridgehead atoms. The molecule has 0 aliphatic heterocycles. The predicted octanol–water partition coefficient (Wildman–Crippen LogP) is 3.45. The van der Waals surface area contributed by atoms with Crippen LogP contribution in [0.5, 0.6) is 0 Å². The highest BCUT2D eigenvalue weighted by Gasteiger charge is 2.19. The predicted molar refractivity (Wildman–Crippen MR) is 61.3 cm³/mol. The summed E-state index contributed by atoms with van der Waals surface area (Å²) >= 11 is 5.63. The Morgan fingerprint density at radius 2 is 2.06 bits per heavy atom. The molecule has 4 nitrogen and oxygen atoms in total. The number of nitrogens with zero attached hydrogens (tertiary/aromatic N) is 2. The highest BCUT2D eigenvalue weighted by Crippen LogP contribution is 2.31. The second-order valence-electron chi connectivity index (χ2n) is 3.26. The first-order valence-corrected chi connectivity index (χ1v) is 5.02. The minimum absolute atomic E-state index is 0.0301. The molecule has 0 aliphatic rings. The van der Waals surface area contributed by atoms with Gasteiger partial charge in [0, 0.05) is 17.8 Å². The monoisotopic (exact) mass is 252 g/mol. The molecule has 1 aromatic heterocycles. The van der Waals surface area contributed by atoms with E-state index in [-0.39, 0.29) is 22.0 Å². The lowest BCUT2D eigenvalue weighted by Crippen LogP contribution is -1.96. The van der Waals surface area contributed by atoms with E-state index >= 15 is 0 Å². The smallest absolute Gasteiger partial charge is 0.258 e. The molecule has 0 amide bonds. The van der Waals surface area contributed by atoms with Crippen LogP contribution in [0.3, 0.4) is 0 Å². The Morgan fingerprint density at radius 3 is 2.71 bits per heavy atom. The van der Waals surface area contributed by atoms with Gasteiger partial charge in [-0.2, -0.15) is 0 Å². The van der Waals surface area contributed by atoms with Gasteiger partial charge in [-0.25, -0.2) is 9.37 Å². The van der Waals surface area contributed by atoms with Crippen LogP contribution >= 0.6 is 11.6 Å². The summed E-state index contributed by atoms with van der Waals surface area (Å²) in [6, 6.07) is 6.88. The van der Waals surface area contributed by atoms with Crippen LogP contribution in [0.2, 0.25) is 5.02 Å². The van der Waals surface area contributed by atoms with Gasteiger partial charge in [-0.15, -0.1) is 0 Å². The highest BCUT2D eigenvalue weighted by molar-refractivity contribution is 6.30. The molecule has 0 fully saturated rings. The second-order valence-corrected chi connectivity index (χ2v) is 3.69. The fourth-order valence-corrected chi connectivity index (χ4v) is 1.58. The minimum atomic E-state index is -0.638. The first-order chi connectivity index (χ1) is 8.09. The summed E-state index contributed by atoms with van der Waals surface area (Å²) in [5.41, 5.74) is -0.268. The summed E-state index contributed by atoms with van der Waals surface area (Å²) in [6.45, 7) is 0. The van der Waals surface area contributed by atoms with E-state index in [0.717, 1.165) is 6.07 Å². The van der Waals surface area contributed by atoms with E-state index in [9.17, 15) is 14.5 Å². The summed E-state index contributed by atoms with van der Waals surface area (Å²) < 4.78 is 13.5. The van der Waals surface area contributed by atoms with E-state index in [0.29, 0.717) is 0 Å². The molecule has 0 spiro atoms. The Morgan fingerprint density at radius 1 is 1.35 bits per heavy atom. The third-order valence-corrected chi connectivity index (χ3v) is 2.37. The molecule has 2 aromatic rings. The number of aromatic nitrogens is 1. The molecule has 1 aromatic carbocycles. The molecule has 86 valence electrons. The van der Waals surface area contributed by atoms with Crippen molar-refractivity contribution >= 4 is 17.3 Å². The van der Waals surface area contributed by atoms with E-state index in [4.69, 9.17) is 11.6 Å². The zero-order valence-corrected chi connectivity index (χ0v) is 9.19. The number of hydrogen-bond acceptors (Lipinski definition) is 3. The van der Waals surface area contributed by atoms with Gasteiger partial charge in [0.25, 0.3) is 5.69 Å². The Balaban J connectivity index is 2.68. The normalized spacial score (nSPS) is 10.2. The second kappa shape index (κ2) is 4.47. The first kappa shape index (κ1) is 11.5. The lowest BCUT2D eigenvalue weighted by Gasteiger charge is -2.03. The summed E-state index contributed by atoms with van der Waals surface area (Å²) in [7, 11) is 0. The molecule has 0 aliphatic carbocycles. The van der Waals surface area contributed by atoms with Gasteiger partial charge in [-0.05, 0) is 12.1 Å². The lowest BCUT2D eigenvalue weighted by molar-refractivity contribution is -0.384. The lowest BCUT2D eigenvalue weighted by atomic mass is 10.1. The van der Waals surface area contributed by atoms with E-state index in [2.05, 4.69) is 4.98 Å². The average molecular weight is 253 g/mol. The molecule has 2 rings (SSSR count). The topological polar surface area (TPSA) is 56.0 Å². The van der Waals surface area contributed by atoms with Crippen LogP contribution in [-0.4, -0.2) is 9.91 Å². The van der Waals surface area contributed by atoms with E-state index < -0.39 is 10.7 Å². The Labute approximate surface area is 101 Å². The van der Waals surface area contributed by atoms with Crippen molar-refractivity contribution in [2.45, 2.75) is 0 Å². The third-order valence-electron chi connectivity index (χ3n) is 2.16. The highest BCUT2D eigenvalue weighted by atomic mass is 35.5. The van der Waals surface area contributed by atoms with Gasteiger partial charge in [-0.1, -0.05) is 23.7 Å². The van der Waals surface area contributed by atoms with Crippen LogP contribution < -0.4 is 0 Å². The molecular weight excluding hydrogens is 247 g/mol. The molecule has 0 unspecified atom stereocenters. The van der Waals surface area contributed by atoms with Crippen molar-refractivity contribution in [3.63, 3.8) is 0 Å². The maximum absolute atomic E-state index is 13.5. The van der Waals surface area contributed by atoms with Gasteiger partial charge < -0.3 is 0 Å². The SMILES string of the molecule is O=[N+]([O-])c1cc(Cl)cnc1-c1ccccc1F. The van der Waals surface area contributed by atoms with Crippen molar-refractivity contribution in [1.29, 1.82) is 0 Å². The van der Waals surface area contributed by atoms with Gasteiger partial charge in [0.15, 0.2) is 5.69 Å².